The second kappa shape index (κ2) is 7.89. The fourth-order valence-electron chi connectivity index (χ4n) is 2.83. The van der Waals surface area contributed by atoms with Crippen molar-refractivity contribution < 1.29 is 8.78 Å². The molecule has 3 aromatic carbocycles. The molecular weight excluding hydrogens is 314 g/mol. The van der Waals surface area contributed by atoms with E-state index < -0.39 is 11.6 Å². The van der Waals surface area contributed by atoms with Crippen molar-refractivity contribution in [2.45, 2.75) is 19.3 Å². The van der Waals surface area contributed by atoms with Crippen LogP contribution in [0.1, 0.15) is 35.1 Å². The highest BCUT2D eigenvalue weighted by Gasteiger charge is 2.06. The Kier molecular flexibility index (Phi) is 5.39. The fourth-order valence-corrected chi connectivity index (χ4v) is 2.83. The van der Waals surface area contributed by atoms with E-state index in [-0.39, 0.29) is 0 Å². The van der Waals surface area contributed by atoms with Crippen LogP contribution < -0.4 is 0 Å². The van der Waals surface area contributed by atoms with Crippen molar-refractivity contribution >= 4 is 12.2 Å². The van der Waals surface area contributed by atoms with Gasteiger partial charge in [-0.1, -0.05) is 79.7 Å². The van der Waals surface area contributed by atoms with E-state index in [2.05, 4.69) is 43.3 Å². The van der Waals surface area contributed by atoms with Gasteiger partial charge in [0, 0.05) is 0 Å². The standard InChI is InChI=1S/C23H20F2/c1-17(21-5-3-2-4-6-21)15-19-10-7-18(8-11-19)9-12-20-13-14-22(24)23(25)16-20/h2-14,16-17H,15H2,1H3/b12-9+. The molecule has 3 rings (SSSR count). The molecule has 0 aliphatic carbocycles. The average molecular weight is 334 g/mol. The van der Waals surface area contributed by atoms with E-state index in [0.717, 1.165) is 18.1 Å². The van der Waals surface area contributed by atoms with Gasteiger partial charge in [-0.3, -0.25) is 0 Å². The summed E-state index contributed by atoms with van der Waals surface area (Å²) in [6, 6.07) is 22.7. The molecule has 0 aliphatic heterocycles. The maximum atomic E-state index is 13.2. The van der Waals surface area contributed by atoms with Crippen LogP contribution >= 0.6 is 0 Å². The Hall–Kier alpha value is -2.74. The van der Waals surface area contributed by atoms with Gasteiger partial charge in [0.2, 0.25) is 0 Å². The summed E-state index contributed by atoms with van der Waals surface area (Å²) in [5.41, 5.74) is 4.28. The van der Waals surface area contributed by atoms with Crippen molar-refractivity contribution in [1.82, 2.24) is 0 Å². The molecule has 0 nitrogen and oxygen atoms in total. The molecule has 126 valence electrons. The minimum absolute atomic E-state index is 0.463. The molecule has 3 aromatic rings. The van der Waals surface area contributed by atoms with Crippen LogP contribution in [0.2, 0.25) is 0 Å². The van der Waals surface area contributed by atoms with Gasteiger partial charge >= 0.3 is 0 Å². The highest BCUT2D eigenvalue weighted by Crippen LogP contribution is 2.21. The van der Waals surface area contributed by atoms with E-state index in [0.29, 0.717) is 11.5 Å². The van der Waals surface area contributed by atoms with Gasteiger partial charge in [0.15, 0.2) is 11.6 Å². The van der Waals surface area contributed by atoms with Crippen LogP contribution in [-0.4, -0.2) is 0 Å². The molecule has 0 aromatic heterocycles. The van der Waals surface area contributed by atoms with Gasteiger partial charge in [-0.15, -0.1) is 0 Å². The lowest BCUT2D eigenvalue weighted by Gasteiger charge is -2.12. The molecule has 2 heteroatoms. The number of hydrogen-bond donors (Lipinski definition) is 0. The Morgan fingerprint density at radius 2 is 1.40 bits per heavy atom. The summed E-state index contributed by atoms with van der Waals surface area (Å²) in [6.45, 7) is 2.23. The van der Waals surface area contributed by atoms with Crippen molar-refractivity contribution in [3.05, 3.63) is 107 Å². The van der Waals surface area contributed by atoms with Crippen molar-refractivity contribution in [2.75, 3.05) is 0 Å². The third-order valence-corrected chi connectivity index (χ3v) is 4.30. The SMILES string of the molecule is CC(Cc1ccc(/C=C/c2ccc(F)c(F)c2)cc1)c1ccccc1. The third kappa shape index (κ3) is 4.63. The molecule has 0 fully saturated rings. The summed E-state index contributed by atoms with van der Waals surface area (Å²) in [5, 5.41) is 0. The van der Waals surface area contributed by atoms with Crippen LogP contribution in [0.5, 0.6) is 0 Å². The van der Waals surface area contributed by atoms with Gasteiger partial charge in [-0.25, -0.2) is 8.78 Å². The zero-order chi connectivity index (χ0) is 17.6. The molecule has 0 saturated carbocycles. The van der Waals surface area contributed by atoms with E-state index in [1.807, 2.05) is 24.3 Å². The van der Waals surface area contributed by atoms with E-state index in [1.54, 1.807) is 12.1 Å². The predicted molar refractivity (Wildman–Crippen MR) is 100 cm³/mol. The third-order valence-electron chi connectivity index (χ3n) is 4.30. The summed E-state index contributed by atoms with van der Waals surface area (Å²) in [4.78, 5) is 0. The van der Waals surface area contributed by atoms with E-state index in [1.165, 1.54) is 17.2 Å². The van der Waals surface area contributed by atoms with Gasteiger partial charge in [0.25, 0.3) is 0 Å². The summed E-state index contributed by atoms with van der Waals surface area (Å²) in [7, 11) is 0. The van der Waals surface area contributed by atoms with Gasteiger partial charge < -0.3 is 0 Å². The average Bonchev–Trinajstić information content (AvgIpc) is 2.64. The topological polar surface area (TPSA) is 0 Å². The summed E-state index contributed by atoms with van der Waals surface area (Å²) < 4.78 is 26.1. The highest BCUT2D eigenvalue weighted by atomic mass is 19.2. The molecule has 25 heavy (non-hydrogen) atoms. The Morgan fingerprint density at radius 1 is 0.760 bits per heavy atom. The molecule has 0 heterocycles. The van der Waals surface area contributed by atoms with Crippen LogP contribution in [-0.2, 0) is 6.42 Å². The predicted octanol–water partition coefficient (Wildman–Crippen LogP) is 6.48. The van der Waals surface area contributed by atoms with Crippen molar-refractivity contribution in [3.63, 3.8) is 0 Å². The first-order valence-corrected chi connectivity index (χ1v) is 8.39. The summed E-state index contributed by atoms with van der Waals surface area (Å²) in [5.74, 6) is -1.19. The van der Waals surface area contributed by atoms with Crippen LogP contribution in [0.15, 0.2) is 72.8 Å². The number of rotatable bonds is 5. The van der Waals surface area contributed by atoms with Gasteiger partial charge in [0.1, 0.15) is 0 Å². The Labute approximate surface area is 147 Å². The zero-order valence-corrected chi connectivity index (χ0v) is 14.1. The Balaban J connectivity index is 1.65. The highest BCUT2D eigenvalue weighted by molar-refractivity contribution is 5.69. The first-order valence-electron chi connectivity index (χ1n) is 8.39. The zero-order valence-electron chi connectivity index (χ0n) is 14.1. The van der Waals surface area contributed by atoms with Crippen LogP contribution in [0.25, 0.3) is 12.2 Å². The molecule has 0 radical (unpaired) electrons. The van der Waals surface area contributed by atoms with Crippen LogP contribution in [0, 0.1) is 11.6 Å². The van der Waals surface area contributed by atoms with E-state index >= 15 is 0 Å². The smallest absolute Gasteiger partial charge is 0.159 e. The molecule has 1 atom stereocenters. The van der Waals surface area contributed by atoms with E-state index in [4.69, 9.17) is 0 Å². The van der Waals surface area contributed by atoms with Crippen LogP contribution in [0.3, 0.4) is 0 Å². The fraction of sp³-hybridized carbons (Fsp3) is 0.130. The molecule has 0 saturated heterocycles. The van der Waals surface area contributed by atoms with Crippen molar-refractivity contribution in [3.8, 4) is 0 Å². The number of halogens is 2. The second-order valence-corrected chi connectivity index (χ2v) is 6.26. The van der Waals surface area contributed by atoms with Crippen molar-refractivity contribution in [1.29, 1.82) is 0 Å². The first-order chi connectivity index (χ1) is 12.1. The largest absolute Gasteiger partial charge is 0.204 e. The quantitative estimate of drug-likeness (QED) is 0.468. The van der Waals surface area contributed by atoms with Crippen LogP contribution in [0.4, 0.5) is 8.78 Å². The molecule has 0 aliphatic rings. The van der Waals surface area contributed by atoms with Gasteiger partial charge in [0.05, 0.1) is 0 Å². The molecule has 0 amide bonds. The maximum absolute atomic E-state index is 13.2. The maximum Gasteiger partial charge on any atom is 0.159 e. The minimum atomic E-state index is -0.826. The van der Waals surface area contributed by atoms with Gasteiger partial charge in [-0.2, -0.15) is 0 Å². The molecule has 0 spiro atoms. The summed E-state index contributed by atoms with van der Waals surface area (Å²) in [6.07, 6.45) is 4.67. The molecule has 0 N–H and O–H groups in total. The summed E-state index contributed by atoms with van der Waals surface area (Å²) >= 11 is 0. The normalized spacial score (nSPS) is 12.4. The lowest BCUT2D eigenvalue weighted by Crippen LogP contribution is -1.98. The molecule has 0 bridgehead atoms. The lowest BCUT2D eigenvalue weighted by molar-refractivity contribution is 0.508. The molecule has 1 unspecified atom stereocenters. The minimum Gasteiger partial charge on any atom is -0.204 e. The number of hydrogen-bond acceptors (Lipinski definition) is 0. The van der Waals surface area contributed by atoms with Crippen molar-refractivity contribution in [2.24, 2.45) is 0 Å². The Bertz CT molecular complexity index is 849. The molecular formula is C23H20F2. The van der Waals surface area contributed by atoms with E-state index in [9.17, 15) is 8.78 Å². The van der Waals surface area contributed by atoms with Gasteiger partial charge in [-0.05, 0) is 46.7 Å². The monoisotopic (exact) mass is 334 g/mol. The lowest BCUT2D eigenvalue weighted by atomic mass is 9.93. The number of benzene rings is 3. The Morgan fingerprint density at radius 3 is 2.08 bits per heavy atom. The second-order valence-electron chi connectivity index (χ2n) is 6.26. The first kappa shape index (κ1) is 17.1.